The van der Waals surface area contributed by atoms with Crippen molar-refractivity contribution in [2.45, 2.75) is 46.6 Å². The van der Waals surface area contributed by atoms with Crippen LogP contribution >= 0.6 is 0 Å². The molecular formula is C15H25NO. The summed E-state index contributed by atoms with van der Waals surface area (Å²) in [4.78, 5) is 0. The summed E-state index contributed by atoms with van der Waals surface area (Å²) in [7, 11) is 1.71. The van der Waals surface area contributed by atoms with Crippen molar-refractivity contribution in [3.8, 4) is 5.75 Å². The largest absolute Gasteiger partial charge is 0.497 e. The fourth-order valence-electron chi connectivity index (χ4n) is 2.34. The summed E-state index contributed by atoms with van der Waals surface area (Å²) in [5.41, 5.74) is 10.1. The minimum Gasteiger partial charge on any atom is -0.497 e. The van der Waals surface area contributed by atoms with Gasteiger partial charge in [-0.1, -0.05) is 13.8 Å². The van der Waals surface area contributed by atoms with Gasteiger partial charge in [0, 0.05) is 6.04 Å². The second-order valence-electron chi connectivity index (χ2n) is 5.33. The van der Waals surface area contributed by atoms with Crippen LogP contribution in [0.1, 0.15) is 37.0 Å². The molecule has 1 atom stereocenters. The van der Waals surface area contributed by atoms with Crippen LogP contribution in [0.5, 0.6) is 5.75 Å². The molecule has 17 heavy (non-hydrogen) atoms. The van der Waals surface area contributed by atoms with Crippen LogP contribution in [0.4, 0.5) is 0 Å². The van der Waals surface area contributed by atoms with Crippen molar-refractivity contribution in [3.05, 3.63) is 28.8 Å². The smallest absolute Gasteiger partial charge is 0.119 e. The van der Waals surface area contributed by atoms with E-state index in [9.17, 15) is 0 Å². The molecule has 0 aliphatic heterocycles. The predicted molar refractivity (Wildman–Crippen MR) is 73.6 cm³/mol. The molecule has 96 valence electrons. The van der Waals surface area contributed by atoms with E-state index in [4.69, 9.17) is 10.5 Å². The first kappa shape index (κ1) is 14.0. The van der Waals surface area contributed by atoms with E-state index in [2.05, 4.69) is 39.8 Å². The number of hydrogen-bond donors (Lipinski definition) is 1. The Balaban J connectivity index is 2.84. The molecule has 0 spiro atoms. The highest BCUT2D eigenvalue weighted by Crippen LogP contribution is 2.23. The van der Waals surface area contributed by atoms with Gasteiger partial charge in [0.25, 0.3) is 0 Å². The molecule has 1 rings (SSSR count). The van der Waals surface area contributed by atoms with Crippen LogP contribution < -0.4 is 10.5 Å². The van der Waals surface area contributed by atoms with Crippen LogP contribution in [0.3, 0.4) is 0 Å². The molecular weight excluding hydrogens is 210 g/mol. The van der Waals surface area contributed by atoms with Crippen molar-refractivity contribution < 1.29 is 4.74 Å². The lowest BCUT2D eigenvalue weighted by Crippen LogP contribution is -2.25. The SMILES string of the molecule is COc1cc(C)c(CC(N)CC(C)C)c(C)c1. The zero-order valence-corrected chi connectivity index (χ0v) is 11.7. The van der Waals surface area contributed by atoms with E-state index in [0.29, 0.717) is 5.92 Å². The number of aryl methyl sites for hydroxylation is 2. The highest BCUT2D eigenvalue weighted by Gasteiger charge is 2.11. The van der Waals surface area contributed by atoms with E-state index in [1.807, 2.05) is 0 Å². The first-order valence-electron chi connectivity index (χ1n) is 6.33. The first-order chi connectivity index (χ1) is 7.93. The summed E-state index contributed by atoms with van der Waals surface area (Å²) in [6.07, 6.45) is 2.03. The van der Waals surface area contributed by atoms with Crippen molar-refractivity contribution in [3.63, 3.8) is 0 Å². The molecule has 1 unspecified atom stereocenters. The molecule has 0 radical (unpaired) electrons. The van der Waals surface area contributed by atoms with E-state index < -0.39 is 0 Å². The fourth-order valence-corrected chi connectivity index (χ4v) is 2.34. The number of nitrogens with two attached hydrogens (primary N) is 1. The second kappa shape index (κ2) is 6.06. The molecule has 0 saturated heterocycles. The summed E-state index contributed by atoms with van der Waals surface area (Å²) in [5.74, 6) is 1.59. The third-order valence-electron chi connectivity index (χ3n) is 3.15. The lowest BCUT2D eigenvalue weighted by molar-refractivity contribution is 0.413. The van der Waals surface area contributed by atoms with E-state index >= 15 is 0 Å². The summed E-state index contributed by atoms with van der Waals surface area (Å²) in [6, 6.07) is 4.43. The normalized spacial score (nSPS) is 12.9. The minimum absolute atomic E-state index is 0.251. The van der Waals surface area contributed by atoms with Gasteiger partial charge >= 0.3 is 0 Å². The number of ether oxygens (including phenoxy) is 1. The maximum atomic E-state index is 6.18. The van der Waals surface area contributed by atoms with Gasteiger partial charge in [0.1, 0.15) is 5.75 Å². The lowest BCUT2D eigenvalue weighted by atomic mass is 9.92. The summed E-state index contributed by atoms with van der Waals surface area (Å²) in [5, 5.41) is 0. The molecule has 0 heterocycles. The van der Waals surface area contributed by atoms with Gasteiger partial charge in [-0.3, -0.25) is 0 Å². The maximum absolute atomic E-state index is 6.18. The summed E-state index contributed by atoms with van der Waals surface area (Å²) >= 11 is 0. The topological polar surface area (TPSA) is 35.2 Å². The first-order valence-corrected chi connectivity index (χ1v) is 6.33. The molecule has 2 heteroatoms. The van der Waals surface area contributed by atoms with Gasteiger partial charge in [-0.15, -0.1) is 0 Å². The zero-order chi connectivity index (χ0) is 13.0. The molecule has 0 aliphatic carbocycles. The number of methoxy groups -OCH3 is 1. The van der Waals surface area contributed by atoms with Crippen molar-refractivity contribution in [1.82, 2.24) is 0 Å². The summed E-state index contributed by atoms with van der Waals surface area (Å²) in [6.45, 7) is 8.70. The number of hydrogen-bond acceptors (Lipinski definition) is 2. The highest BCUT2D eigenvalue weighted by molar-refractivity contribution is 5.41. The minimum atomic E-state index is 0.251. The average Bonchev–Trinajstić information content (AvgIpc) is 2.22. The standard InChI is InChI=1S/C15H25NO/c1-10(2)6-13(16)9-15-11(3)7-14(17-5)8-12(15)4/h7-8,10,13H,6,9,16H2,1-5H3. The van der Waals surface area contributed by atoms with Gasteiger partial charge in [0.05, 0.1) is 7.11 Å². The van der Waals surface area contributed by atoms with Crippen molar-refractivity contribution in [2.24, 2.45) is 11.7 Å². The third-order valence-corrected chi connectivity index (χ3v) is 3.15. The Morgan fingerprint density at radius 2 is 1.71 bits per heavy atom. The Labute approximate surface area is 105 Å². The van der Waals surface area contributed by atoms with E-state index in [1.165, 1.54) is 16.7 Å². The van der Waals surface area contributed by atoms with Crippen molar-refractivity contribution >= 4 is 0 Å². The van der Waals surface area contributed by atoms with Gasteiger partial charge in [-0.25, -0.2) is 0 Å². The van der Waals surface area contributed by atoms with Crippen LogP contribution in [0, 0.1) is 19.8 Å². The molecule has 2 N–H and O–H groups in total. The number of benzene rings is 1. The van der Waals surface area contributed by atoms with E-state index in [1.54, 1.807) is 7.11 Å². The molecule has 1 aromatic carbocycles. The molecule has 0 fully saturated rings. The molecule has 1 aromatic rings. The Kier molecular flexibility index (Phi) is 5.01. The van der Waals surface area contributed by atoms with Crippen LogP contribution in [0.15, 0.2) is 12.1 Å². The van der Waals surface area contributed by atoms with Crippen molar-refractivity contribution in [2.75, 3.05) is 7.11 Å². The Bertz CT molecular complexity index is 348. The van der Waals surface area contributed by atoms with Crippen LogP contribution in [0.2, 0.25) is 0 Å². The molecule has 0 aliphatic rings. The molecule has 0 bridgehead atoms. The van der Waals surface area contributed by atoms with Gasteiger partial charge in [-0.2, -0.15) is 0 Å². The van der Waals surface area contributed by atoms with Gasteiger partial charge < -0.3 is 10.5 Å². The number of rotatable bonds is 5. The van der Waals surface area contributed by atoms with Gasteiger partial charge in [0.15, 0.2) is 0 Å². The van der Waals surface area contributed by atoms with Crippen LogP contribution in [0.25, 0.3) is 0 Å². The fraction of sp³-hybridized carbons (Fsp3) is 0.600. The van der Waals surface area contributed by atoms with Gasteiger partial charge in [-0.05, 0) is 61.4 Å². The maximum Gasteiger partial charge on any atom is 0.119 e. The Morgan fingerprint density at radius 1 is 1.18 bits per heavy atom. The molecule has 0 saturated carbocycles. The average molecular weight is 235 g/mol. The third kappa shape index (κ3) is 4.04. The lowest BCUT2D eigenvalue weighted by Gasteiger charge is -2.18. The predicted octanol–water partition coefficient (Wildman–Crippen LogP) is 3.23. The van der Waals surface area contributed by atoms with E-state index in [0.717, 1.165) is 18.6 Å². The monoisotopic (exact) mass is 235 g/mol. The zero-order valence-electron chi connectivity index (χ0n) is 11.7. The van der Waals surface area contributed by atoms with Crippen molar-refractivity contribution in [1.29, 1.82) is 0 Å². The summed E-state index contributed by atoms with van der Waals surface area (Å²) < 4.78 is 5.27. The molecule has 0 aromatic heterocycles. The Morgan fingerprint density at radius 3 is 2.12 bits per heavy atom. The molecule has 2 nitrogen and oxygen atoms in total. The quantitative estimate of drug-likeness (QED) is 0.850. The van der Waals surface area contributed by atoms with Gasteiger partial charge in [0.2, 0.25) is 0 Å². The van der Waals surface area contributed by atoms with Crippen LogP contribution in [-0.2, 0) is 6.42 Å². The van der Waals surface area contributed by atoms with E-state index in [-0.39, 0.29) is 6.04 Å². The highest BCUT2D eigenvalue weighted by atomic mass is 16.5. The van der Waals surface area contributed by atoms with Crippen LogP contribution in [-0.4, -0.2) is 13.2 Å². The second-order valence-corrected chi connectivity index (χ2v) is 5.33. The molecule has 0 amide bonds. The Hall–Kier alpha value is -1.02.